The van der Waals surface area contributed by atoms with E-state index in [4.69, 9.17) is 19.9 Å². The third kappa shape index (κ3) is 8.04. The summed E-state index contributed by atoms with van der Waals surface area (Å²) in [7, 11) is 0. The van der Waals surface area contributed by atoms with Crippen LogP contribution in [0.15, 0.2) is 97.5 Å². The molecule has 0 radical (unpaired) electrons. The van der Waals surface area contributed by atoms with Crippen LogP contribution in [0.2, 0.25) is 0 Å². The third-order valence-electron chi connectivity index (χ3n) is 8.69. The number of pyridine rings is 3. The molecule has 0 fully saturated rings. The number of fused-ring (bicyclic) bond motifs is 8. The molecule has 54 heavy (non-hydrogen) atoms. The zero-order chi connectivity index (χ0) is 35.8. The van der Waals surface area contributed by atoms with Gasteiger partial charge in [0.1, 0.15) is 17.1 Å². The summed E-state index contributed by atoms with van der Waals surface area (Å²) in [6.07, 6.45) is 17.4. The minimum absolute atomic E-state index is 0. The molecule has 0 unspecified atom stereocenters. The fraction of sp³-hybridized carbons (Fsp3) is 0.109. The van der Waals surface area contributed by atoms with Crippen molar-refractivity contribution in [1.29, 1.82) is 0 Å². The minimum atomic E-state index is 0. The number of nitrogens with zero attached hydrogens (tertiary/aromatic N) is 7. The Balaban J connectivity index is 0.00000450. The summed E-state index contributed by atoms with van der Waals surface area (Å²) in [5, 5.41) is 0. The number of unbranched alkanes of at least 4 members (excludes halogenated alkanes) is 2. The first kappa shape index (κ1) is 35.7. The molecular weight excluding hydrogens is 716 g/mol. The monoisotopic (exact) mass is 745 g/mol. The average Bonchev–Trinajstić information content (AvgIpc) is 4.05. The van der Waals surface area contributed by atoms with Crippen LogP contribution in [0.3, 0.4) is 0 Å². The van der Waals surface area contributed by atoms with Crippen LogP contribution >= 0.6 is 0 Å². The summed E-state index contributed by atoms with van der Waals surface area (Å²) in [6, 6.07) is 24.9. The van der Waals surface area contributed by atoms with E-state index in [1.54, 1.807) is 18.6 Å². The summed E-state index contributed by atoms with van der Waals surface area (Å²) in [5.41, 5.74) is 10.9. The number of hydrogen-bond acceptors (Lipinski definition) is 5. The van der Waals surface area contributed by atoms with Gasteiger partial charge in [-0.3, -0.25) is 0 Å². The topological polar surface area (TPSA) is 92.7 Å². The first-order valence-corrected chi connectivity index (χ1v) is 17.6. The van der Waals surface area contributed by atoms with Crippen LogP contribution in [0, 0.1) is 35.5 Å². The van der Waals surface area contributed by atoms with E-state index in [1.807, 2.05) is 91.0 Å². The second-order valence-corrected chi connectivity index (χ2v) is 12.3. The first-order valence-electron chi connectivity index (χ1n) is 17.6. The van der Waals surface area contributed by atoms with Gasteiger partial charge in [0.2, 0.25) is 0 Å². The maximum atomic E-state index is 5.19. The molecular formula is C46H31N7Zn. The predicted octanol–water partition coefficient (Wildman–Crippen LogP) is 8.03. The van der Waals surface area contributed by atoms with E-state index in [0.29, 0.717) is 55.8 Å². The summed E-state index contributed by atoms with van der Waals surface area (Å²) < 4.78 is 0. The molecule has 7 nitrogen and oxygen atoms in total. The molecule has 2 aliphatic rings. The molecule has 0 aromatic carbocycles. The van der Waals surface area contributed by atoms with Crippen LogP contribution in [-0.4, -0.2) is 24.9 Å². The van der Waals surface area contributed by atoms with Crippen molar-refractivity contribution in [3.05, 3.63) is 160 Å². The van der Waals surface area contributed by atoms with Crippen molar-refractivity contribution in [3.63, 3.8) is 0 Å². The van der Waals surface area contributed by atoms with Crippen LogP contribution in [0.1, 0.15) is 88.3 Å². The zero-order valence-corrected chi connectivity index (χ0v) is 32.7. The fourth-order valence-electron chi connectivity index (χ4n) is 6.03. The largest absolute Gasteiger partial charge is 2.00 e. The van der Waals surface area contributed by atoms with Gasteiger partial charge in [-0.15, -0.1) is 22.1 Å². The molecule has 252 valence electrons. The quantitative estimate of drug-likeness (QED) is 0.102. The van der Waals surface area contributed by atoms with Gasteiger partial charge < -0.3 is 9.97 Å². The van der Waals surface area contributed by atoms with E-state index in [9.17, 15) is 0 Å². The molecule has 0 amide bonds. The van der Waals surface area contributed by atoms with E-state index in [2.05, 4.69) is 69.6 Å². The molecule has 8 heterocycles. The maximum Gasteiger partial charge on any atom is 2.00 e. The summed E-state index contributed by atoms with van der Waals surface area (Å²) >= 11 is 0. The van der Waals surface area contributed by atoms with Crippen molar-refractivity contribution in [1.82, 2.24) is 34.9 Å². The minimum Gasteiger partial charge on any atom is -0.656 e. The van der Waals surface area contributed by atoms with Gasteiger partial charge in [0.25, 0.3) is 0 Å². The van der Waals surface area contributed by atoms with Crippen LogP contribution in [-0.2, 0) is 25.9 Å². The Labute approximate surface area is 327 Å². The molecule has 2 aliphatic heterocycles. The molecule has 6 aromatic rings. The standard InChI is InChI=1S/C46H31N7.Zn/c1-2-3-4-14-35-39-21-23-41(50-39)36(18-15-32-11-5-8-29-47-32)43-25-27-45(52-43)38(20-17-34-13-7-10-31-49-34)46-28-26-44(53-46)37(42-24-22-40(35)51-42)19-16-33-12-6-9-30-48-33;/h5-13,21-31H,2-4,14H2,1H3;/q-2;+2. The van der Waals surface area contributed by atoms with Crippen molar-refractivity contribution < 1.29 is 19.5 Å². The molecule has 0 saturated heterocycles. The van der Waals surface area contributed by atoms with E-state index in [0.717, 1.165) is 54.0 Å². The molecule has 6 aromatic heterocycles. The van der Waals surface area contributed by atoms with Crippen LogP contribution in [0.25, 0.3) is 46.4 Å². The van der Waals surface area contributed by atoms with Crippen LogP contribution < -0.4 is 9.97 Å². The second kappa shape index (κ2) is 16.8. The van der Waals surface area contributed by atoms with E-state index < -0.39 is 0 Å². The van der Waals surface area contributed by atoms with Gasteiger partial charge in [0.15, 0.2) is 0 Å². The Morgan fingerprint density at radius 2 is 0.870 bits per heavy atom. The van der Waals surface area contributed by atoms with Crippen molar-refractivity contribution in [2.75, 3.05) is 0 Å². The summed E-state index contributed by atoms with van der Waals surface area (Å²) in [4.78, 5) is 33.9. The Morgan fingerprint density at radius 1 is 0.463 bits per heavy atom. The molecule has 8 rings (SSSR count). The Kier molecular flexibility index (Phi) is 11.1. The normalized spacial score (nSPS) is 11.0. The van der Waals surface area contributed by atoms with Gasteiger partial charge in [-0.1, -0.05) is 80.0 Å². The van der Waals surface area contributed by atoms with Crippen LogP contribution in [0.4, 0.5) is 0 Å². The Hall–Kier alpha value is -6.65. The molecule has 0 atom stereocenters. The van der Waals surface area contributed by atoms with Crippen molar-refractivity contribution in [2.24, 2.45) is 0 Å². The Morgan fingerprint density at radius 3 is 1.28 bits per heavy atom. The molecule has 0 saturated carbocycles. The predicted molar refractivity (Wildman–Crippen MR) is 211 cm³/mol. The number of hydrogen-bond donors (Lipinski definition) is 0. The summed E-state index contributed by atoms with van der Waals surface area (Å²) in [6.45, 7) is 2.21. The van der Waals surface area contributed by atoms with Gasteiger partial charge in [-0.05, 0) is 96.9 Å². The van der Waals surface area contributed by atoms with Crippen LogP contribution in [0.5, 0.6) is 0 Å². The second-order valence-electron chi connectivity index (χ2n) is 12.3. The van der Waals surface area contributed by atoms with Gasteiger partial charge in [0.05, 0.1) is 22.8 Å². The molecule has 8 bridgehead atoms. The molecule has 0 aliphatic carbocycles. The molecule has 0 spiro atoms. The van der Waals surface area contributed by atoms with Crippen molar-refractivity contribution >= 4 is 46.4 Å². The van der Waals surface area contributed by atoms with E-state index >= 15 is 0 Å². The van der Waals surface area contributed by atoms with Gasteiger partial charge >= 0.3 is 19.5 Å². The fourth-order valence-corrected chi connectivity index (χ4v) is 6.03. The smallest absolute Gasteiger partial charge is 0.656 e. The third-order valence-corrected chi connectivity index (χ3v) is 8.69. The first-order chi connectivity index (χ1) is 26.2. The van der Waals surface area contributed by atoms with Gasteiger partial charge in [-0.2, -0.15) is 0 Å². The van der Waals surface area contributed by atoms with E-state index in [-0.39, 0.29) is 19.5 Å². The average molecular weight is 747 g/mol. The van der Waals surface area contributed by atoms with Crippen molar-refractivity contribution in [3.8, 4) is 35.5 Å². The van der Waals surface area contributed by atoms with Gasteiger partial charge in [0, 0.05) is 35.3 Å². The van der Waals surface area contributed by atoms with Gasteiger partial charge in [-0.25, -0.2) is 24.9 Å². The maximum absolute atomic E-state index is 5.19. The molecule has 8 heteroatoms. The SMILES string of the molecule is CCCCCc1c2nc(c(C#Cc3ccccn3)c3ccc([n-]3)c(C#Cc3ccccn3)c3ccc([n-]3)c(C#Cc3ccccn3)c3nc1C=C3)C=C2.[Zn+2]. The number of rotatable bonds is 4. The number of aromatic nitrogens is 7. The molecule has 0 N–H and O–H groups in total. The van der Waals surface area contributed by atoms with E-state index in [1.165, 1.54) is 0 Å². The Bertz CT molecular complexity index is 2590. The summed E-state index contributed by atoms with van der Waals surface area (Å²) in [5.74, 6) is 19.8. The van der Waals surface area contributed by atoms with Crippen molar-refractivity contribution in [2.45, 2.75) is 32.6 Å². The zero-order valence-electron chi connectivity index (χ0n) is 29.7.